The minimum Gasteiger partial charge on any atom is -0.294 e. The van der Waals surface area contributed by atoms with Crippen LogP contribution in [0.5, 0.6) is 0 Å². The fraction of sp³-hybridized carbons (Fsp3) is 0.222. The second kappa shape index (κ2) is 3.38. The Bertz CT molecular complexity index is 551. The maximum absolute atomic E-state index is 13.3. The number of ketones is 1. The molecule has 2 rings (SSSR count). The third kappa shape index (κ3) is 1.61. The van der Waals surface area contributed by atoms with Gasteiger partial charge in [0.25, 0.3) is 0 Å². The molecule has 1 aliphatic heterocycles. The van der Waals surface area contributed by atoms with Gasteiger partial charge in [0.2, 0.25) is 0 Å². The summed E-state index contributed by atoms with van der Waals surface area (Å²) in [6.45, 7) is 0. The van der Waals surface area contributed by atoms with Crippen LogP contribution >= 0.6 is 15.9 Å². The van der Waals surface area contributed by atoms with E-state index in [0.717, 1.165) is 6.07 Å². The van der Waals surface area contributed by atoms with Crippen molar-refractivity contribution in [2.45, 2.75) is 11.3 Å². The lowest BCUT2D eigenvalue weighted by Crippen LogP contribution is -2.23. The molecule has 0 radical (unpaired) electrons. The summed E-state index contributed by atoms with van der Waals surface area (Å²) in [6.07, 6.45) is -0.150. The topological polar surface area (TPSA) is 51.2 Å². The molecule has 0 N–H and O–H groups in total. The van der Waals surface area contributed by atoms with Gasteiger partial charge in [-0.1, -0.05) is 0 Å². The van der Waals surface area contributed by atoms with E-state index in [0.29, 0.717) is 0 Å². The Kier molecular flexibility index (Phi) is 2.42. The van der Waals surface area contributed by atoms with Crippen molar-refractivity contribution in [2.24, 2.45) is 0 Å². The van der Waals surface area contributed by atoms with Crippen molar-refractivity contribution in [1.29, 1.82) is 0 Å². The largest absolute Gasteiger partial charge is 0.294 e. The molecular weight excluding hydrogens is 287 g/mol. The van der Waals surface area contributed by atoms with Gasteiger partial charge in [0, 0.05) is 10.9 Å². The van der Waals surface area contributed by atoms with Crippen molar-refractivity contribution in [3.05, 3.63) is 28.0 Å². The van der Waals surface area contributed by atoms with Gasteiger partial charge in [0.15, 0.2) is 15.6 Å². The van der Waals surface area contributed by atoms with Gasteiger partial charge in [-0.15, -0.1) is 0 Å². The molecule has 3 nitrogen and oxygen atoms in total. The molecule has 0 bridgehead atoms. The Hall–Kier alpha value is -0.750. The zero-order valence-electron chi connectivity index (χ0n) is 7.46. The van der Waals surface area contributed by atoms with Crippen LogP contribution in [0.3, 0.4) is 0 Å². The fourth-order valence-corrected chi connectivity index (χ4v) is 4.17. The molecule has 1 aliphatic rings. The number of halogens is 2. The Balaban J connectivity index is 2.90. The van der Waals surface area contributed by atoms with E-state index >= 15 is 0 Å². The molecule has 0 aromatic heterocycles. The highest BCUT2D eigenvalue weighted by Crippen LogP contribution is 2.33. The van der Waals surface area contributed by atoms with Crippen molar-refractivity contribution in [3.8, 4) is 0 Å². The lowest BCUT2D eigenvalue weighted by atomic mass is 10.1. The smallest absolute Gasteiger partial charge is 0.180 e. The molecule has 1 aromatic carbocycles. The van der Waals surface area contributed by atoms with Gasteiger partial charge in [-0.3, -0.25) is 4.79 Å². The number of Topliss-reactive ketones (excluding diaryl/α,β-unsaturated/α-hetero) is 1. The van der Waals surface area contributed by atoms with Crippen LogP contribution in [0, 0.1) is 5.82 Å². The Morgan fingerprint density at radius 2 is 2.00 bits per heavy atom. The fourth-order valence-electron chi connectivity index (χ4n) is 1.55. The number of sulfone groups is 1. The number of hydrogen-bond donors (Lipinski definition) is 0. The first kappa shape index (κ1) is 10.8. The van der Waals surface area contributed by atoms with Crippen molar-refractivity contribution >= 4 is 31.6 Å². The summed E-state index contributed by atoms with van der Waals surface area (Å²) in [7, 11) is -3.54. The molecular formula is C9H6BrFO3S. The number of carbonyl (C=O) groups is 1. The maximum Gasteiger partial charge on any atom is 0.180 e. The molecule has 0 unspecified atom stereocenters. The second-order valence-corrected chi connectivity index (χ2v) is 6.13. The Morgan fingerprint density at radius 3 is 2.60 bits per heavy atom. The summed E-state index contributed by atoms with van der Waals surface area (Å²) in [4.78, 5) is 11.2. The van der Waals surface area contributed by atoms with Gasteiger partial charge in [-0.25, -0.2) is 12.8 Å². The van der Waals surface area contributed by atoms with E-state index in [2.05, 4.69) is 15.9 Å². The second-order valence-electron chi connectivity index (χ2n) is 3.23. The predicted octanol–water partition coefficient (Wildman–Crippen LogP) is 1.95. The first-order chi connectivity index (χ1) is 6.93. The van der Waals surface area contributed by atoms with E-state index in [-0.39, 0.29) is 27.1 Å². The quantitative estimate of drug-likeness (QED) is 0.734. The lowest BCUT2D eigenvalue weighted by molar-refractivity contribution is 0.0978. The van der Waals surface area contributed by atoms with Crippen LogP contribution in [0.1, 0.15) is 16.8 Å². The van der Waals surface area contributed by atoms with Crippen LogP contribution in [0.15, 0.2) is 21.5 Å². The van der Waals surface area contributed by atoms with E-state index in [1.807, 2.05) is 0 Å². The van der Waals surface area contributed by atoms with Crippen LogP contribution in [0.25, 0.3) is 0 Å². The molecule has 0 saturated carbocycles. The number of fused-ring (bicyclic) bond motifs is 1. The van der Waals surface area contributed by atoms with Crippen LogP contribution < -0.4 is 0 Å². The van der Waals surface area contributed by atoms with Gasteiger partial charge < -0.3 is 0 Å². The molecule has 0 spiro atoms. The summed E-state index contributed by atoms with van der Waals surface area (Å²) in [5.74, 6) is -1.49. The Labute approximate surface area is 94.3 Å². The van der Waals surface area contributed by atoms with E-state index in [9.17, 15) is 17.6 Å². The average molecular weight is 293 g/mol. The number of carbonyl (C=O) groups excluding carboxylic acids is 1. The minimum atomic E-state index is -3.54. The van der Waals surface area contributed by atoms with Crippen molar-refractivity contribution in [2.75, 3.05) is 5.75 Å². The SMILES string of the molecule is O=C1CCS(=O)(=O)c2c(Br)ccc(F)c21. The molecule has 0 amide bonds. The van der Waals surface area contributed by atoms with E-state index in [4.69, 9.17) is 0 Å². The van der Waals surface area contributed by atoms with Gasteiger partial charge in [-0.2, -0.15) is 0 Å². The van der Waals surface area contributed by atoms with Crippen LogP contribution in [-0.4, -0.2) is 20.0 Å². The highest BCUT2D eigenvalue weighted by atomic mass is 79.9. The first-order valence-corrected chi connectivity index (χ1v) is 6.62. The highest BCUT2D eigenvalue weighted by Gasteiger charge is 2.33. The average Bonchev–Trinajstić information content (AvgIpc) is 2.16. The van der Waals surface area contributed by atoms with Crippen molar-refractivity contribution < 1.29 is 17.6 Å². The third-order valence-corrected chi connectivity index (χ3v) is 4.96. The molecule has 0 aliphatic carbocycles. The third-order valence-electron chi connectivity index (χ3n) is 2.25. The molecule has 1 heterocycles. The van der Waals surface area contributed by atoms with Gasteiger partial charge in [0.05, 0.1) is 16.2 Å². The van der Waals surface area contributed by atoms with Gasteiger partial charge in [0.1, 0.15) is 5.82 Å². The van der Waals surface area contributed by atoms with Crippen LogP contribution in [0.4, 0.5) is 4.39 Å². The summed E-state index contributed by atoms with van der Waals surface area (Å²) in [6, 6.07) is 2.38. The van der Waals surface area contributed by atoms with Gasteiger partial charge in [-0.05, 0) is 28.1 Å². The number of rotatable bonds is 0. The Morgan fingerprint density at radius 1 is 1.33 bits per heavy atom. The summed E-state index contributed by atoms with van der Waals surface area (Å²) in [5.41, 5.74) is -0.310. The molecule has 0 atom stereocenters. The molecule has 80 valence electrons. The van der Waals surface area contributed by atoms with E-state index < -0.39 is 21.4 Å². The molecule has 6 heteroatoms. The maximum atomic E-state index is 13.3. The van der Waals surface area contributed by atoms with Crippen molar-refractivity contribution in [1.82, 2.24) is 0 Å². The molecule has 0 saturated heterocycles. The number of hydrogen-bond acceptors (Lipinski definition) is 3. The summed E-state index contributed by atoms with van der Waals surface area (Å²) >= 11 is 3.02. The highest BCUT2D eigenvalue weighted by molar-refractivity contribution is 9.10. The standard InChI is InChI=1S/C9H6BrFO3S/c10-5-1-2-6(11)8-7(12)3-4-15(13,14)9(5)8/h1-2H,3-4H2. The zero-order chi connectivity index (χ0) is 11.2. The van der Waals surface area contributed by atoms with Crippen molar-refractivity contribution in [3.63, 3.8) is 0 Å². The molecule has 15 heavy (non-hydrogen) atoms. The number of benzene rings is 1. The normalized spacial score (nSPS) is 18.7. The van der Waals surface area contributed by atoms with Gasteiger partial charge >= 0.3 is 0 Å². The van der Waals surface area contributed by atoms with Crippen LogP contribution in [-0.2, 0) is 9.84 Å². The van der Waals surface area contributed by atoms with Crippen LogP contribution in [0.2, 0.25) is 0 Å². The predicted molar refractivity (Wildman–Crippen MR) is 55.1 cm³/mol. The summed E-state index contributed by atoms with van der Waals surface area (Å²) in [5, 5.41) is 0. The zero-order valence-corrected chi connectivity index (χ0v) is 9.86. The molecule has 1 aromatic rings. The monoisotopic (exact) mass is 292 g/mol. The summed E-state index contributed by atoms with van der Waals surface area (Å²) < 4.78 is 36.9. The lowest BCUT2D eigenvalue weighted by Gasteiger charge is -2.16. The minimum absolute atomic E-state index is 0.150. The first-order valence-electron chi connectivity index (χ1n) is 4.17. The van der Waals surface area contributed by atoms with E-state index in [1.54, 1.807) is 0 Å². The molecule has 0 fully saturated rings. The van der Waals surface area contributed by atoms with E-state index in [1.165, 1.54) is 6.07 Å².